The largest absolute Gasteiger partial charge is 0.451 e. The first kappa shape index (κ1) is 11.5. The lowest BCUT2D eigenvalue weighted by molar-refractivity contribution is 0.0998. The zero-order valence-corrected chi connectivity index (χ0v) is 10.6. The maximum Gasteiger partial charge on any atom is 0.292 e. The number of furan rings is 1. The number of nitrogens with one attached hydrogen (secondary N) is 1. The molecule has 0 saturated carbocycles. The van der Waals surface area contributed by atoms with Gasteiger partial charge in [0.2, 0.25) is 0 Å². The fraction of sp³-hybridized carbons (Fsp3) is 0.143. The van der Waals surface area contributed by atoms with Crippen molar-refractivity contribution in [3.8, 4) is 0 Å². The van der Waals surface area contributed by atoms with Crippen LogP contribution in [-0.4, -0.2) is 11.1 Å². The van der Waals surface area contributed by atoms with Gasteiger partial charge in [-0.15, -0.1) is 0 Å². The Balaban J connectivity index is 1.89. The van der Waals surface area contributed by atoms with Crippen LogP contribution in [0.4, 0.5) is 5.82 Å². The number of benzene rings is 1. The van der Waals surface area contributed by atoms with Gasteiger partial charge in [-0.05, 0) is 31.5 Å². The van der Waals surface area contributed by atoms with Crippen LogP contribution in [0.5, 0.6) is 0 Å². The molecule has 0 unspecified atom stereocenters. The molecule has 0 radical (unpaired) electrons. The molecule has 2 aromatic heterocycles. The Labute approximate surface area is 109 Å². The van der Waals surface area contributed by atoms with Crippen LogP contribution < -0.4 is 5.32 Å². The first-order chi connectivity index (χ1) is 9.11. The first-order valence-electron chi connectivity index (χ1n) is 5.87. The summed E-state index contributed by atoms with van der Waals surface area (Å²) in [5.41, 5.74) is 1.78. The highest BCUT2D eigenvalue weighted by atomic mass is 16.5. The number of carbonyl (C=O) groups excluding carboxylic acids is 1. The SMILES string of the molecule is Cc1ccc2cc(C(=O)Nc3cc(C)on3)oc2c1. The third-order valence-corrected chi connectivity index (χ3v) is 2.77. The summed E-state index contributed by atoms with van der Waals surface area (Å²) in [5.74, 6) is 0.915. The third-order valence-electron chi connectivity index (χ3n) is 2.77. The van der Waals surface area contributed by atoms with Crippen LogP contribution >= 0.6 is 0 Å². The van der Waals surface area contributed by atoms with Gasteiger partial charge in [-0.25, -0.2) is 0 Å². The number of carbonyl (C=O) groups is 1. The standard InChI is InChI=1S/C14H12N2O3/c1-8-3-4-10-7-12(18-11(10)5-8)14(17)15-13-6-9(2)19-16-13/h3-7H,1-2H3,(H,15,16,17). The molecule has 0 aliphatic rings. The third kappa shape index (κ3) is 2.22. The van der Waals surface area contributed by atoms with E-state index in [1.54, 1.807) is 19.1 Å². The maximum absolute atomic E-state index is 12.0. The van der Waals surface area contributed by atoms with E-state index in [9.17, 15) is 4.79 Å². The molecule has 3 aromatic rings. The number of nitrogens with zero attached hydrogens (tertiary/aromatic N) is 1. The van der Waals surface area contributed by atoms with E-state index >= 15 is 0 Å². The van der Waals surface area contributed by atoms with Gasteiger partial charge in [0.15, 0.2) is 11.6 Å². The number of aromatic nitrogens is 1. The lowest BCUT2D eigenvalue weighted by Crippen LogP contribution is -2.10. The highest BCUT2D eigenvalue weighted by Gasteiger charge is 2.14. The molecular weight excluding hydrogens is 244 g/mol. The van der Waals surface area contributed by atoms with Crippen molar-refractivity contribution >= 4 is 22.7 Å². The summed E-state index contributed by atoms with van der Waals surface area (Å²) < 4.78 is 10.4. The Morgan fingerprint density at radius 3 is 2.79 bits per heavy atom. The number of rotatable bonds is 2. The average molecular weight is 256 g/mol. The Kier molecular flexibility index (Phi) is 2.59. The first-order valence-corrected chi connectivity index (χ1v) is 5.87. The van der Waals surface area contributed by atoms with Crippen LogP contribution in [-0.2, 0) is 0 Å². The van der Waals surface area contributed by atoms with Gasteiger partial charge in [0, 0.05) is 11.5 Å². The topological polar surface area (TPSA) is 68.3 Å². The molecular formula is C14H12N2O3. The minimum Gasteiger partial charge on any atom is -0.451 e. The highest BCUT2D eigenvalue weighted by Crippen LogP contribution is 2.21. The molecule has 2 heterocycles. The van der Waals surface area contributed by atoms with Crippen LogP contribution in [0.15, 0.2) is 39.3 Å². The molecule has 0 spiro atoms. The minimum atomic E-state index is -0.345. The molecule has 1 aromatic carbocycles. The van der Waals surface area contributed by atoms with Gasteiger partial charge >= 0.3 is 0 Å². The normalized spacial score (nSPS) is 10.8. The molecule has 0 saturated heterocycles. The second-order valence-corrected chi connectivity index (χ2v) is 4.43. The van der Waals surface area contributed by atoms with Crippen molar-refractivity contribution in [1.82, 2.24) is 5.16 Å². The van der Waals surface area contributed by atoms with Crippen molar-refractivity contribution in [3.63, 3.8) is 0 Å². The Bertz CT molecular complexity index is 755. The number of hydrogen-bond acceptors (Lipinski definition) is 4. The minimum absolute atomic E-state index is 0.251. The Morgan fingerprint density at radius 1 is 1.21 bits per heavy atom. The molecule has 5 heteroatoms. The van der Waals surface area contributed by atoms with Crippen molar-refractivity contribution < 1.29 is 13.7 Å². The predicted molar refractivity (Wildman–Crippen MR) is 70.1 cm³/mol. The molecule has 3 rings (SSSR count). The number of fused-ring (bicyclic) bond motifs is 1. The quantitative estimate of drug-likeness (QED) is 0.763. The number of anilines is 1. The van der Waals surface area contributed by atoms with Gasteiger partial charge in [0.05, 0.1) is 0 Å². The fourth-order valence-corrected chi connectivity index (χ4v) is 1.85. The Morgan fingerprint density at radius 2 is 2.05 bits per heavy atom. The fourth-order valence-electron chi connectivity index (χ4n) is 1.85. The van der Waals surface area contributed by atoms with Crippen molar-refractivity contribution in [2.24, 2.45) is 0 Å². The molecule has 0 aliphatic heterocycles. The Hall–Kier alpha value is -2.56. The van der Waals surface area contributed by atoms with Crippen LogP contribution in [0.2, 0.25) is 0 Å². The number of hydrogen-bond donors (Lipinski definition) is 1. The molecule has 1 amide bonds. The van der Waals surface area contributed by atoms with Crippen molar-refractivity contribution in [2.75, 3.05) is 5.32 Å². The molecule has 5 nitrogen and oxygen atoms in total. The summed E-state index contributed by atoms with van der Waals surface area (Å²) in [6, 6.07) is 9.14. The summed E-state index contributed by atoms with van der Waals surface area (Å²) in [6.45, 7) is 3.73. The summed E-state index contributed by atoms with van der Waals surface area (Å²) in [6.07, 6.45) is 0. The van der Waals surface area contributed by atoms with E-state index in [0.717, 1.165) is 10.9 Å². The molecule has 19 heavy (non-hydrogen) atoms. The maximum atomic E-state index is 12.0. The van der Waals surface area contributed by atoms with Gasteiger partial charge in [0.1, 0.15) is 11.3 Å². The summed E-state index contributed by atoms with van der Waals surface area (Å²) >= 11 is 0. The van der Waals surface area contributed by atoms with E-state index < -0.39 is 0 Å². The van der Waals surface area contributed by atoms with E-state index in [0.29, 0.717) is 17.2 Å². The van der Waals surface area contributed by atoms with Crippen molar-refractivity contribution in [1.29, 1.82) is 0 Å². The average Bonchev–Trinajstić information content (AvgIpc) is 2.95. The summed E-state index contributed by atoms with van der Waals surface area (Å²) in [4.78, 5) is 12.0. The lowest BCUT2D eigenvalue weighted by atomic mass is 10.2. The highest BCUT2D eigenvalue weighted by molar-refractivity contribution is 6.04. The van der Waals surface area contributed by atoms with E-state index in [1.807, 2.05) is 25.1 Å². The summed E-state index contributed by atoms with van der Waals surface area (Å²) in [7, 11) is 0. The van der Waals surface area contributed by atoms with Gasteiger partial charge in [-0.2, -0.15) is 0 Å². The molecule has 96 valence electrons. The number of aryl methyl sites for hydroxylation is 2. The van der Waals surface area contributed by atoms with Crippen LogP contribution in [0.1, 0.15) is 21.9 Å². The van der Waals surface area contributed by atoms with Crippen molar-refractivity contribution in [2.45, 2.75) is 13.8 Å². The second-order valence-electron chi connectivity index (χ2n) is 4.43. The molecule has 0 aliphatic carbocycles. The zero-order valence-electron chi connectivity index (χ0n) is 10.6. The smallest absolute Gasteiger partial charge is 0.292 e. The van der Waals surface area contributed by atoms with Crippen LogP contribution in [0.25, 0.3) is 11.0 Å². The van der Waals surface area contributed by atoms with Gasteiger partial charge in [-0.3, -0.25) is 4.79 Å². The summed E-state index contributed by atoms with van der Waals surface area (Å²) in [5, 5.41) is 7.21. The van der Waals surface area contributed by atoms with Crippen LogP contribution in [0.3, 0.4) is 0 Å². The van der Waals surface area contributed by atoms with E-state index in [4.69, 9.17) is 8.94 Å². The van der Waals surface area contributed by atoms with E-state index in [2.05, 4.69) is 10.5 Å². The van der Waals surface area contributed by atoms with E-state index in [1.165, 1.54) is 0 Å². The molecule has 0 atom stereocenters. The second kappa shape index (κ2) is 4.28. The molecule has 0 bridgehead atoms. The number of amides is 1. The van der Waals surface area contributed by atoms with Gasteiger partial charge in [0.25, 0.3) is 5.91 Å². The van der Waals surface area contributed by atoms with Gasteiger partial charge < -0.3 is 14.3 Å². The van der Waals surface area contributed by atoms with E-state index in [-0.39, 0.29) is 11.7 Å². The van der Waals surface area contributed by atoms with Crippen molar-refractivity contribution in [3.05, 3.63) is 47.4 Å². The lowest BCUT2D eigenvalue weighted by Gasteiger charge is -1.95. The predicted octanol–water partition coefficient (Wildman–Crippen LogP) is 3.29. The van der Waals surface area contributed by atoms with Crippen LogP contribution in [0, 0.1) is 13.8 Å². The molecule has 1 N–H and O–H groups in total. The molecule has 0 fully saturated rings. The zero-order chi connectivity index (χ0) is 13.4. The monoisotopic (exact) mass is 256 g/mol. The van der Waals surface area contributed by atoms with Gasteiger partial charge in [-0.1, -0.05) is 17.3 Å².